The Morgan fingerprint density at radius 3 is 2.67 bits per heavy atom. The highest BCUT2D eigenvalue weighted by Crippen LogP contribution is 2.22. The van der Waals surface area contributed by atoms with Gasteiger partial charge in [-0.25, -0.2) is 0 Å². The second-order valence-corrected chi connectivity index (χ2v) is 4.36. The van der Waals surface area contributed by atoms with Crippen molar-refractivity contribution in [2.24, 2.45) is 0 Å². The smallest absolute Gasteiger partial charge is 0.302 e. The Morgan fingerprint density at radius 2 is 2.13 bits per heavy atom. The van der Waals surface area contributed by atoms with Crippen molar-refractivity contribution in [1.29, 1.82) is 0 Å². The number of carbonyl (C=O) groups is 1. The van der Waals surface area contributed by atoms with Gasteiger partial charge >= 0.3 is 5.91 Å². The van der Waals surface area contributed by atoms with Crippen LogP contribution in [-0.2, 0) is 4.79 Å². The van der Waals surface area contributed by atoms with Crippen molar-refractivity contribution in [3.63, 3.8) is 0 Å². The van der Waals surface area contributed by atoms with E-state index in [0.717, 1.165) is 9.26 Å². The lowest BCUT2D eigenvalue weighted by Gasteiger charge is -2.16. The summed E-state index contributed by atoms with van der Waals surface area (Å²) in [6.07, 6.45) is 0. The lowest BCUT2D eigenvalue weighted by Crippen LogP contribution is -2.25. The molecule has 1 amide bonds. The fraction of sp³-hybridized carbons (Fsp3) is 0.250. The topological polar surface area (TPSA) is 20.3 Å². The number of aryl methyl sites for hydroxylation is 1. The molecule has 2 nitrogen and oxygen atoms in total. The van der Waals surface area contributed by atoms with Crippen molar-refractivity contribution in [2.45, 2.75) is 13.8 Å². The van der Waals surface area contributed by atoms with Crippen molar-refractivity contribution < 1.29 is 4.79 Å². The van der Waals surface area contributed by atoms with E-state index in [2.05, 4.69) is 34.4 Å². The molecule has 3 heteroatoms. The lowest BCUT2D eigenvalue weighted by molar-refractivity contribution is -0.113. The van der Waals surface area contributed by atoms with Gasteiger partial charge in [-0.3, -0.25) is 4.79 Å². The molecule has 0 unspecified atom stereocenters. The molecule has 0 saturated carbocycles. The first-order valence-corrected chi connectivity index (χ1v) is 5.60. The quantitative estimate of drug-likeness (QED) is 0.576. The van der Waals surface area contributed by atoms with Crippen molar-refractivity contribution in [1.82, 2.24) is 0 Å². The summed E-state index contributed by atoms with van der Waals surface area (Å²) in [7, 11) is 1.74. The summed E-state index contributed by atoms with van der Waals surface area (Å²) in [6, 6.07) is 5.96. The number of amides is 1. The van der Waals surface area contributed by atoms with Crippen LogP contribution in [0.25, 0.3) is 0 Å². The predicted molar refractivity (Wildman–Crippen MR) is 70.8 cm³/mol. The molecule has 78 valence electrons. The Kier molecular flexibility index (Phi) is 4.15. The summed E-state index contributed by atoms with van der Waals surface area (Å²) < 4.78 is 1.06. The molecule has 0 aromatic heterocycles. The molecule has 0 fully saturated rings. The number of anilines is 1. The van der Waals surface area contributed by atoms with E-state index in [1.54, 1.807) is 18.9 Å². The van der Waals surface area contributed by atoms with Crippen LogP contribution in [0, 0.1) is 22.3 Å². The van der Waals surface area contributed by atoms with E-state index >= 15 is 0 Å². The predicted octanol–water partition coefficient (Wildman–Crippen LogP) is 2.59. The maximum absolute atomic E-state index is 11.5. The zero-order chi connectivity index (χ0) is 11.4. The summed E-state index contributed by atoms with van der Waals surface area (Å²) in [6.45, 7) is 3.69. The van der Waals surface area contributed by atoms with E-state index in [9.17, 15) is 4.79 Å². The Labute approximate surface area is 104 Å². The van der Waals surface area contributed by atoms with Crippen LogP contribution in [0.5, 0.6) is 0 Å². The Bertz CT molecular complexity index is 443. The van der Waals surface area contributed by atoms with Gasteiger partial charge < -0.3 is 4.90 Å². The molecule has 0 bridgehead atoms. The lowest BCUT2D eigenvalue weighted by atomic mass is 10.2. The summed E-state index contributed by atoms with van der Waals surface area (Å²) >= 11 is 2.22. The van der Waals surface area contributed by atoms with Crippen LogP contribution in [0.4, 0.5) is 5.69 Å². The monoisotopic (exact) mass is 313 g/mol. The van der Waals surface area contributed by atoms with E-state index in [1.807, 2.05) is 25.1 Å². The first kappa shape index (κ1) is 12.1. The van der Waals surface area contributed by atoms with Crippen LogP contribution in [0.1, 0.15) is 12.5 Å². The molecule has 1 rings (SSSR count). The molecule has 15 heavy (non-hydrogen) atoms. The maximum atomic E-state index is 11.5. The molecule has 0 saturated heterocycles. The third kappa shape index (κ3) is 2.96. The van der Waals surface area contributed by atoms with Crippen molar-refractivity contribution >= 4 is 34.2 Å². The molecular weight excluding hydrogens is 301 g/mol. The Balaban J connectivity index is 3.04. The number of hydrogen-bond donors (Lipinski definition) is 0. The van der Waals surface area contributed by atoms with E-state index in [0.29, 0.717) is 0 Å². The van der Waals surface area contributed by atoms with Gasteiger partial charge in [0.15, 0.2) is 0 Å². The van der Waals surface area contributed by atoms with Crippen molar-refractivity contribution in [2.75, 3.05) is 11.9 Å². The summed E-state index contributed by atoms with van der Waals surface area (Å²) in [5, 5.41) is 0. The van der Waals surface area contributed by atoms with Gasteiger partial charge in [-0.2, -0.15) is 0 Å². The van der Waals surface area contributed by atoms with Crippen molar-refractivity contribution in [3.05, 3.63) is 27.3 Å². The molecule has 1 aromatic rings. The van der Waals surface area contributed by atoms with Gasteiger partial charge in [0, 0.05) is 10.6 Å². The molecule has 0 aliphatic rings. The summed E-state index contributed by atoms with van der Waals surface area (Å²) in [4.78, 5) is 13.1. The number of nitrogens with zero attached hydrogens (tertiary/aromatic N) is 1. The van der Waals surface area contributed by atoms with Gasteiger partial charge in [0.2, 0.25) is 0 Å². The molecule has 0 heterocycles. The maximum Gasteiger partial charge on any atom is 0.302 e. The van der Waals surface area contributed by atoms with Crippen LogP contribution < -0.4 is 4.90 Å². The van der Waals surface area contributed by atoms with Gasteiger partial charge in [-0.05, 0) is 60.1 Å². The van der Waals surface area contributed by atoms with Gasteiger partial charge in [0.05, 0.1) is 5.69 Å². The molecule has 1 aromatic carbocycles. The highest BCUT2D eigenvalue weighted by molar-refractivity contribution is 14.1. The third-order valence-corrected chi connectivity index (χ3v) is 2.87. The molecule has 0 aliphatic carbocycles. The SMILES string of the molecule is CC#CC(=O)N(C)c1ccc(C)cc1I. The average molecular weight is 313 g/mol. The number of benzene rings is 1. The molecule has 0 N–H and O–H groups in total. The minimum absolute atomic E-state index is 0.181. The van der Waals surface area contributed by atoms with Crippen LogP contribution in [0.3, 0.4) is 0 Å². The zero-order valence-corrected chi connectivity index (χ0v) is 11.1. The first-order chi connectivity index (χ1) is 7.06. The van der Waals surface area contributed by atoms with Crippen LogP contribution >= 0.6 is 22.6 Å². The van der Waals surface area contributed by atoms with Crippen LogP contribution in [0.2, 0.25) is 0 Å². The number of carbonyl (C=O) groups excluding carboxylic acids is 1. The molecule has 0 spiro atoms. The summed E-state index contributed by atoms with van der Waals surface area (Å²) in [5.74, 6) is 4.94. The summed E-state index contributed by atoms with van der Waals surface area (Å²) in [5.41, 5.74) is 2.08. The Morgan fingerprint density at radius 1 is 1.47 bits per heavy atom. The van der Waals surface area contributed by atoms with E-state index < -0.39 is 0 Å². The van der Waals surface area contributed by atoms with E-state index in [4.69, 9.17) is 0 Å². The minimum Gasteiger partial charge on any atom is -0.304 e. The second kappa shape index (κ2) is 5.17. The number of halogens is 1. The Hall–Kier alpha value is -1.02. The fourth-order valence-corrected chi connectivity index (χ4v) is 2.22. The zero-order valence-electron chi connectivity index (χ0n) is 8.97. The third-order valence-electron chi connectivity index (χ3n) is 2.00. The first-order valence-electron chi connectivity index (χ1n) is 4.53. The highest BCUT2D eigenvalue weighted by atomic mass is 127. The molecule has 0 atom stereocenters. The van der Waals surface area contributed by atoms with E-state index in [-0.39, 0.29) is 5.91 Å². The molecular formula is C12H12INO. The van der Waals surface area contributed by atoms with Gasteiger partial charge in [0.25, 0.3) is 0 Å². The molecule has 0 aliphatic heterocycles. The fourth-order valence-electron chi connectivity index (χ4n) is 1.18. The number of rotatable bonds is 1. The normalized spacial score (nSPS) is 9.07. The van der Waals surface area contributed by atoms with E-state index in [1.165, 1.54) is 5.56 Å². The minimum atomic E-state index is -0.181. The average Bonchev–Trinajstić information content (AvgIpc) is 2.17. The van der Waals surface area contributed by atoms with Gasteiger partial charge in [0.1, 0.15) is 0 Å². The van der Waals surface area contributed by atoms with Crippen LogP contribution in [-0.4, -0.2) is 13.0 Å². The largest absolute Gasteiger partial charge is 0.304 e. The standard InChI is InChI=1S/C12H12INO/c1-4-5-12(15)14(3)11-7-6-9(2)8-10(11)13/h6-8H,1-3H3. The van der Waals surface area contributed by atoms with Crippen molar-refractivity contribution in [3.8, 4) is 11.8 Å². The molecule has 0 radical (unpaired) electrons. The highest BCUT2D eigenvalue weighted by Gasteiger charge is 2.10. The second-order valence-electron chi connectivity index (χ2n) is 3.19. The van der Waals surface area contributed by atoms with Gasteiger partial charge in [-0.15, -0.1) is 0 Å². The van der Waals surface area contributed by atoms with Gasteiger partial charge in [-0.1, -0.05) is 12.0 Å². The number of hydrogen-bond acceptors (Lipinski definition) is 1. The van der Waals surface area contributed by atoms with Crippen LogP contribution in [0.15, 0.2) is 18.2 Å².